The van der Waals surface area contributed by atoms with Gasteiger partial charge in [-0.1, -0.05) is 6.08 Å². The van der Waals surface area contributed by atoms with E-state index in [9.17, 15) is 0 Å². The van der Waals surface area contributed by atoms with Gasteiger partial charge in [0.1, 0.15) is 0 Å². The van der Waals surface area contributed by atoms with Crippen LogP contribution in [0.5, 0.6) is 0 Å². The molecule has 0 aromatic heterocycles. The van der Waals surface area contributed by atoms with Gasteiger partial charge in [0, 0.05) is 50.8 Å². The average Bonchev–Trinajstić information content (AvgIpc) is 2.28. The Morgan fingerprint density at radius 3 is 3.13 bits per heavy atom. The third kappa shape index (κ3) is 5.56. The summed E-state index contributed by atoms with van der Waals surface area (Å²) in [5.41, 5.74) is 0. The topological polar surface area (TPSA) is 24.5 Å². The highest BCUT2D eigenvalue weighted by molar-refractivity contribution is 7.99. The van der Waals surface area contributed by atoms with Crippen molar-refractivity contribution in [3.8, 4) is 0 Å². The lowest BCUT2D eigenvalue weighted by Crippen LogP contribution is -2.46. The highest BCUT2D eigenvalue weighted by atomic mass is 32.2. The zero-order valence-corrected chi connectivity index (χ0v) is 10.4. The van der Waals surface area contributed by atoms with E-state index in [1.807, 2.05) is 17.8 Å². The second kappa shape index (κ2) is 8.16. The Morgan fingerprint density at radius 1 is 1.67 bits per heavy atom. The maximum atomic E-state index is 5.11. The molecule has 0 spiro atoms. The first-order chi connectivity index (χ1) is 7.36. The van der Waals surface area contributed by atoms with E-state index in [4.69, 9.17) is 4.74 Å². The smallest absolute Gasteiger partial charge is 0.0589 e. The van der Waals surface area contributed by atoms with Crippen molar-refractivity contribution in [2.45, 2.75) is 6.04 Å². The first kappa shape index (κ1) is 13.0. The third-order valence-corrected chi connectivity index (χ3v) is 3.61. The maximum Gasteiger partial charge on any atom is 0.0589 e. The van der Waals surface area contributed by atoms with Gasteiger partial charge in [0.25, 0.3) is 0 Å². The molecule has 1 aliphatic rings. The molecule has 3 nitrogen and oxygen atoms in total. The van der Waals surface area contributed by atoms with E-state index in [2.05, 4.69) is 16.8 Å². The summed E-state index contributed by atoms with van der Waals surface area (Å²) in [5, 5.41) is 3.55. The van der Waals surface area contributed by atoms with E-state index in [0.29, 0.717) is 6.04 Å². The van der Waals surface area contributed by atoms with Gasteiger partial charge < -0.3 is 10.1 Å². The molecule has 1 fully saturated rings. The van der Waals surface area contributed by atoms with Crippen LogP contribution >= 0.6 is 11.8 Å². The number of nitrogens with one attached hydrogen (secondary N) is 1. The zero-order valence-electron chi connectivity index (χ0n) is 9.58. The van der Waals surface area contributed by atoms with E-state index in [1.165, 1.54) is 11.5 Å². The molecular weight excluding hydrogens is 208 g/mol. The Balaban J connectivity index is 2.24. The highest BCUT2D eigenvalue weighted by Gasteiger charge is 2.15. The van der Waals surface area contributed by atoms with E-state index in [1.54, 1.807) is 7.11 Å². The van der Waals surface area contributed by atoms with Crippen molar-refractivity contribution in [2.24, 2.45) is 0 Å². The maximum absolute atomic E-state index is 5.11. The Morgan fingerprint density at radius 2 is 2.53 bits per heavy atom. The fourth-order valence-corrected chi connectivity index (χ4v) is 2.65. The van der Waals surface area contributed by atoms with Gasteiger partial charge in [0.15, 0.2) is 0 Å². The minimum absolute atomic E-state index is 0.626. The number of nitrogens with zero attached hydrogens (tertiary/aromatic N) is 1. The van der Waals surface area contributed by atoms with E-state index in [-0.39, 0.29) is 0 Å². The molecule has 0 radical (unpaired) electrons. The summed E-state index contributed by atoms with van der Waals surface area (Å²) in [4.78, 5) is 2.39. The molecule has 0 amide bonds. The van der Waals surface area contributed by atoms with Crippen molar-refractivity contribution < 1.29 is 4.74 Å². The van der Waals surface area contributed by atoms with Gasteiger partial charge in [0.05, 0.1) is 6.61 Å². The van der Waals surface area contributed by atoms with E-state index < -0.39 is 0 Å². The van der Waals surface area contributed by atoms with Gasteiger partial charge in [0.2, 0.25) is 0 Å². The average molecular weight is 230 g/mol. The van der Waals surface area contributed by atoms with Crippen LogP contribution in [0, 0.1) is 0 Å². The van der Waals surface area contributed by atoms with Crippen LogP contribution in [-0.4, -0.2) is 62.3 Å². The summed E-state index contributed by atoms with van der Waals surface area (Å²) >= 11 is 2.04. The second-order valence-corrected chi connectivity index (χ2v) is 4.92. The number of rotatable bonds is 7. The lowest BCUT2D eigenvalue weighted by molar-refractivity contribution is 0.149. The predicted octanol–water partition coefficient (Wildman–Crippen LogP) is 0.826. The number of thioether (sulfide) groups is 1. The van der Waals surface area contributed by atoms with E-state index in [0.717, 1.165) is 32.8 Å². The number of ether oxygens (including phenoxy) is 1. The van der Waals surface area contributed by atoms with Crippen LogP contribution in [0.2, 0.25) is 0 Å². The quantitative estimate of drug-likeness (QED) is 0.655. The van der Waals surface area contributed by atoms with Gasteiger partial charge in [-0.15, -0.1) is 6.58 Å². The molecule has 0 bridgehead atoms. The van der Waals surface area contributed by atoms with Crippen molar-refractivity contribution in [2.75, 3.05) is 51.4 Å². The summed E-state index contributed by atoms with van der Waals surface area (Å²) in [6.07, 6.45) is 1.96. The Hall–Kier alpha value is -0.0300. The summed E-state index contributed by atoms with van der Waals surface area (Å²) in [7, 11) is 1.75. The van der Waals surface area contributed by atoms with Crippen LogP contribution in [0.1, 0.15) is 0 Å². The first-order valence-electron chi connectivity index (χ1n) is 5.50. The SMILES string of the molecule is C=CCN(CCOC)CC1CSCCN1. The summed E-state index contributed by atoms with van der Waals surface area (Å²) < 4.78 is 5.11. The molecule has 1 heterocycles. The van der Waals surface area contributed by atoms with Gasteiger partial charge in [-0.05, 0) is 0 Å². The molecule has 1 atom stereocenters. The molecule has 1 N–H and O–H groups in total. The van der Waals surface area contributed by atoms with Crippen molar-refractivity contribution >= 4 is 11.8 Å². The van der Waals surface area contributed by atoms with Crippen molar-refractivity contribution in [1.29, 1.82) is 0 Å². The molecule has 0 aromatic rings. The summed E-state index contributed by atoms with van der Waals surface area (Å²) in [5.74, 6) is 2.47. The molecule has 15 heavy (non-hydrogen) atoms. The minimum atomic E-state index is 0.626. The Kier molecular flexibility index (Phi) is 7.09. The van der Waals surface area contributed by atoms with E-state index >= 15 is 0 Å². The molecule has 88 valence electrons. The number of hydrogen-bond donors (Lipinski definition) is 1. The Labute approximate surface area is 97.2 Å². The molecule has 0 saturated carbocycles. The van der Waals surface area contributed by atoms with Crippen LogP contribution in [0.25, 0.3) is 0 Å². The third-order valence-electron chi connectivity index (χ3n) is 2.48. The fourth-order valence-electron chi connectivity index (χ4n) is 1.71. The second-order valence-electron chi connectivity index (χ2n) is 3.77. The predicted molar refractivity (Wildman–Crippen MR) is 67.6 cm³/mol. The molecule has 4 heteroatoms. The van der Waals surface area contributed by atoms with Gasteiger partial charge in [-0.3, -0.25) is 4.90 Å². The molecule has 1 unspecified atom stereocenters. The lowest BCUT2D eigenvalue weighted by atomic mass is 10.3. The molecule has 1 saturated heterocycles. The molecule has 0 aliphatic carbocycles. The van der Waals surface area contributed by atoms with Gasteiger partial charge in [-0.25, -0.2) is 0 Å². The highest BCUT2D eigenvalue weighted by Crippen LogP contribution is 2.08. The summed E-state index contributed by atoms with van der Waals surface area (Å²) in [6, 6.07) is 0.626. The molecule has 0 aromatic carbocycles. The Bertz CT molecular complexity index is 172. The van der Waals surface area contributed by atoms with Gasteiger partial charge >= 0.3 is 0 Å². The van der Waals surface area contributed by atoms with Crippen LogP contribution < -0.4 is 5.32 Å². The monoisotopic (exact) mass is 230 g/mol. The number of hydrogen-bond acceptors (Lipinski definition) is 4. The molecular formula is C11H22N2OS. The minimum Gasteiger partial charge on any atom is -0.383 e. The number of methoxy groups -OCH3 is 1. The zero-order chi connectivity index (χ0) is 10.9. The fraction of sp³-hybridized carbons (Fsp3) is 0.818. The molecule has 1 rings (SSSR count). The first-order valence-corrected chi connectivity index (χ1v) is 6.65. The largest absolute Gasteiger partial charge is 0.383 e. The molecule has 1 aliphatic heterocycles. The van der Waals surface area contributed by atoms with Crippen LogP contribution in [0.15, 0.2) is 12.7 Å². The standard InChI is InChI=1S/C11H22N2OS/c1-3-5-13(6-7-14-2)9-11-10-15-8-4-12-11/h3,11-12H,1,4-10H2,2H3. The van der Waals surface area contributed by atoms with Crippen molar-refractivity contribution in [1.82, 2.24) is 10.2 Å². The van der Waals surface area contributed by atoms with Gasteiger partial charge in [-0.2, -0.15) is 11.8 Å². The normalized spacial score (nSPS) is 21.9. The van der Waals surface area contributed by atoms with Crippen molar-refractivity contribution in [3.05, 3.63) is 12.7 Å². The van der Waals surface area contributed by atoms with Crippen LogP contribution in [0.3, 0.4) is 0 Å². The van der Waals surface area contributed by atoms with Crippen molar-refractivity contribution in [3.63, 3.8) is 0 Å². The van der Waals surface area contributed by atoms with Crippen LogP contribution in [-0.2, 0) is 4.74 Å². The van der Waals surface area contributed by atoms with Crippen LogP contribution in [0.4, 0.5) is 0 Å². The lowest BCUT2D eigenvalue weighted by Gasteiger charge is -2.29. The summed E-state index contributed by atoms with van der Waals surface area (Å²) in [6.45, 7) is 8.77.